The van der Waals surface area contributed by atoms with Gasteiger partial charge in [-0.2, -0.15) is 0 Å². The molecule has 3 nitrogen and oxygen atoms in total. The highest BCUT2D eigenvalue weighted by atomic mass is 79.9. The molecule has 1 atom stereocenters. The van der Waals surface area contributed by atoms with E-state index in [2.05, 4.69) is 28.2 Å². The number of carboxylic acid groups (broad SMARTS) is 1. The summed E-state index contributed by atoms with van der Waals surface area (Å²) in [6.45, 7) is 2.80. The van der Waals surface area contributed by atoms with E-state index in [1.807, 2.05) is 24.3 Å². The third kappa shape index (κ3) is 3.61. The van der Waals surface area contributed by atoms with Gasteiger partial charge in [-0.3, -0.25) is 4.79 Å². The van der Waals surface area contributed by atoms with E-state index < -0.39 is 12.0 Å². The van der Waals surface area contributed by atoms with Crippen LogP contribution in [0.15, 0.2) is 28.7 Å². The molecule has 0 aliphatic heterocycles. The molecule has 0 saturated carbocycles. The number of aliphatic carboxylic acids is 1. The van der Waals surface area contributed by atoms with E-state index in [-0.39, 0.29) is 0 Å². The van der Waals surface area contributed by atoms with E-state index in [9.17, 15) is 4.79 Å². The molecule has 1 aromatic carbocycles. The monoisotopic (exact) mass is 285 g/mol. The minimum atomic E-state index is -0.844. The van der Waals surface area contributed by atoms with Crippen molar-refractivity contribution in [1.82, 2.24) is 5.32 Å². The lowest BCUT2D eigenvalue weighted by atomic mass is 10.1. The van der Waals surface area contributed by atoms with E-state index in [0.29, 0.717) is 0 Å². The van der Waals surface area contributed by atoms with Gasteiger partial charge in [-0.15, -0.1) is 0 Å². The fourth-order valence-electron chi connectivity index (χ4n) is 1.46. The van der Waals surface area contributed by atoms with Crippen LogP contribution in [0.1, 0.15) is 31.4 Å². The molecule has 1 unspecified atom stereocenters. The molecule has 88 valence electrons. The summed E-state index contributed by atoms with van der Waals surface area (Å²) in [5.74, 6) is -0.844. The molecule has 4 heteroatoms. The molecule has 0 saturated heterocycles. The van der Waals surface area contributed by atoms with Crippen molar-refractivity contribution in [2.45, 2.75) is 25.8 Å². The SMILES string of the molecule is CCCCNC(C(=O)O)c1ccccc1Br. The van der Waals surface area contributed by atoms with Crippen LogP contribution in [0.4, 0.5) is 0 Å². The maximum atomic E-state index is 11.2. The Bertz CT molecular complexity index is 355. The summed E-state index contributed by atoms with van der Waals surface area (Å²) in [5, 5.41) is 12.2. The van der Waals surface area contributed by atoms with Gasteiger partial charge in [-0.05, 0) is 24.6 Å². The van der Waals surface area contributed by atoms with E-state index in [1.165, 1.54) is 0 Å². The highest BCUT2D eigenvalue weighted by Crippen LogP contribution is 2.23. The van der Waals surface area contributed by atoms with Crippen molar-refractivity contribution < 1.29 is 9.90 Å². The van der Waals surface area contributed by atoms with Crippen LogP contribution < -0.4 is 5.32 Å². The molecule has 1 rings (SSSR count). The van der Waals surface area contributed by atoms with Crippen molar-refractivity contribution in [3.8, 4) is 0 Å². The van der Waals surface area contributed by atoms with Crippen molar-refractivity contribution in [3.05, 3.63) is 34.3 Å². The van der Waals surface area contributed by atoms with Crippen LogP contribution in [-0.4, -0.2) is 17.6 Å². The van der Waals surface area contributed by atoms with Crippen LogP contribution in [0, 0.1) is 0 Å². The number of hydrogen-bond donors (Lipinski definition) is 2. The first kappa shape index (κ1) is 13.2. The molecular formula is C12H16BrNO2. The second kappa shape index (κ2) is 6.66. The van der Waals surface area contributed by atoms with Crippen molar-refractivity contribution in [2.24, 2.45) is 0 Å². The lowest BCUT2D eigenvalue weighted by molar-refractivity contribution is -0.139. The second-order valence-electron chi connectivity index (χ2n) is 3.60. The number of carbonyl (C=O) groups is 1. The third-order valence-corrected chi connectivity index (χ3v) is 3.06. The van der Waals surface area contributed by atoms with Crippen LogP contribution in [0.25, 0.3) is 0 Å². The normalized spacial score (nSPS) is 12.4. The maximum Gasteiger partial charge on any atom is 0.325 e. The van der Waals surface area contributed by atoms with Gasteiger partial charge in [0.1, 0.15) is 6.04 Å². The Hall–Kier alpha value is -0.870. The summed E-state index contributed by atoms with van der Waals surface area (Å²) in [5.41, 5.74) is 0.770. The molecule has 16 heavy (non-hydrogen) atoms. The lowest BCUT2D eigenvalue weighted by Gasteiger charge is -2.15. The Morgan fingerprint density at radius 2 is 2.19 bits per heavy atom. The topological polar surface area (TPSA) is 49.3 Å². The van der Waals surface area contributed by atoms with Gasteiger partial charge in [-0.25, -0.2) is 0 Å². The minimum Gasteiger partial charge on any atom is -0.480 e. The molecule has 0 heterocycles. The van der Waals surface area contributed by atoms with Gasteiger partial charge >= 0.3 is 5.97 Å². The third-order valence-electron chi connectivity index (χ3n) is 2.34. The quantitative estimate of drug-likeness (QED) is 0.790. The Kier molecular flexibility index (Phi) is 5.49. The Morgan fingerprint density at radius 1 is 1.50 bits per heavy atom. The van der Waals surface area contributed by atoms with E-state index in [1.54, 1.807) is 0 Å². The van der Waals surface area contributed by atoms with Crippen LogP contribution >= 0.6 is 15.9 Å². The second-order valence-corrected chi connectivity index (χ2v) is 4.45. The van der Waals surface area contributed by atoms with Crippen molar-refractivity contribution in [3.63, 3.8) is 0 Å². The summed E-state index contributed by atoms with van der Waals surface area (Å²) < 4.78 is 0.825. The molecule has 0 bridgehead atoms. The zero-order valence-corrected chi connectivity index (χ0v) is 10.8. The van der Waals surface area contributed by atoms with E-state index >= 15 is 0 Å². The molecular weight excluding hydrogens is 270 g/mol. The molecule has 0 radical (unpaired) electrons. The Morgan fingerprint density at radius 3 is 2.75 bits per heavy atom. The predicted molar refractivity (Wildman–Crippen MR) is 67.4 cm³/mol. The first-order chi connectivity index (χ1) is 7.66. The summed E-state index contributed by atoms with van der Waals surface area (Å²) in [7, 11) is 0. The van der Waals surface area contributed by atoms with Gasteiger partial charge in [-0.1, -0.05) is 47.5 Å². The number of benzene rings is 1. The van der Waals surface area contributed by atoms with Crippen LogP contribution in [-0.2, 0) is 4.79 Å². The van der Waals surface area contributed by atoms with Gasteiger partial charge in [0.25, 0.3) is 0 Å². The Labute approximate surface area is 104 Å². The molecule has 0 amide bonds. The average molecular weight is 286 g/mol. The zero-order chi connectivity index (χ0) is 12.0. The summed E-state index contributed by atoms with van der Waals surface area (Å²) in [6.07, 6.45) is 2.03. The standard InChI is InChI=1S/C12H16BrNO2/c1-2-3-8-14-11(12(15)16)9-6-4-5-7-10(9)13/h4-7,11,14H,2-3,8H2,1H3,(H,15,16). The highest BCUT2D eigenvalue weighted by Gasteiger charge is 2.20. The Balaban J connectivity index is 2.78. The maximum absolute atomic E-state index is 11.2. The van der Waals surface area contributed by atoms with Crippen LogP contribution in [0.5, 0.6) is 0 Å². The summed E-state index contributed by atoms with van der Waals surface area (Å²) in [4.78, 5) is 11.2. The number of nitrogens with one attached hydrogen (secondary N) is 1. The fraction of sp³-hybridized carbons (Fsp3) is 0.417. The summed E-state index contributed by atoms with van der Waals surface area (Å²) >= 11 is 3.37. The van der Waals surface area contributed by atoms with Crippen molar-refractivity contribution >= 4 is 21.9 Å². The number of halogens is 1. The minimum absolute atomic E-state index is 0.637. The highest BCUT2D eigenvalue weighted by molar-refractivity contribution is 9.10. The molecule has 0 fully saturated rings. The summed E-state index contributed by atoms with van der Waals surface area (Å²) in [6, 6.07) is 6.76. The van der Waals surface area contributed by atoms with Gasteiger partial charge in [0, 0.05) is 4.47 Å². The molecule has 0 aromatic heterocycles. The van der Waals surface area contributed by atoms with Crippen LogP contribution in [0.2, 0.25) is 0 Å². The number of rotatable bonds is 6. The first-order valence-corrected chi connectivity index (χ1v) is 6.16. The molecule has 0 spiro atoms. The van der Waals surface area contributed by atoms with Gasteiger partial charge in [0.15, 0.2) is 0 Å². The molecule has 0 aliphatic rings. The zero-order valence-electron chi connectivity index (χ0n) is 9.24. The molecule has 0 aliphatic carbocycles. The van der Waals surface area contributed by atoms with Crippen molar-refractivity contribution in [2.75, 3.05) is 6.54 Å². The number of hydrogen-bond acceptors (Lipinski definition) is 2. The number of carboxylic acids is 1. The fourth-order valence-corrected chi connectivity index (χ4v) is 1.98. The van der Waals surface area contributed by atoms with Gasteiger partial charge in [0.2, 0.25) is 0 Å². The molecule has 1 aromatic rings. The van der Waals surface area contributed by atoms with Gasteiger partial charge < -0.3 is 10.4 Å². The van der Waals surface area contributed by atoms with E-state index in [0.717, 1.165) is 29.4 Å². The smallest absolute Gasteiger partial charge is 0.325 e. The van der Waals surface area contributed by atoms with Crippen LogP contribution in [0.3, 0.4) is 0 Å². The van der Waals surface area contributed by atoms with E-state index in [4.69, 9.17) is 5.11 Å². The predicted octanol–water partition coefficient (Wildman–Crippen LogP) is 2.96. The lowest BCUT2D eigenvalue weighted by Crippen LogP contribution is -2.29. The molecule has 2 N–H and O–H groups in total. The average Bonchev–Trinajstić information content (AvgIpc) is 2.25. The largest absolute Gasteiger partial charge is 0.480 e. The van der Waals surface area contributed by atoms with Gasteiger partial charge in [0.05, 0.1) is 0 Å². The van der Waals surface area contributed by atoms with Crippen molar-refractivity contribution in [1.29, 1.82) is 0 Å². The first-order valence-electron chi connectivity index (χ1n) is 5.37. The number of unbranched alkanes of at least 4 members (excludes halogenated alkanes) is 1.